The molecule has 0 aliphatic heterocycles. The van der Waals surface area contributed by atoms with Crippen LogP contribution in [0.15, 0.2) is 18.2 Å². The van der Waals surface area contributed by atoms with Gasteiger partial charge in [0.15, 0.2) is 0 Å². The van der Waals surface area contributed by atoms with Crippen LogP contribution in [-0.2, 0) is 11.4 Å². The molecule has 1 saturated carbocycles. The van der Waals surface area contributed by atoms with Crippen LogP contribution in [0.5, 0.6) is 0 Å². The van der Waals surface area contributed by atoms with Gasteiger partial charge in [-0.15, -0.1) is 0 Å². The molecule has 1 aromatic rings. The zero-order valence-corrected chi connectivity index (χ0v) is 10.2. The predicted octanol–water partition coefficient (Wildman–Crippen LogP) is 3.78. The van der Waals surface area contributed by atoms with Crippen molar-refractivity contribution in [3.05, 3.63) is 34.3 Å². The quantitative estimate of drug-likeness (QED) is 0.815. The van der Waals surface area contributed by atoms with Gasteiger partial charge in [0.2, 0.25) is 0 Å². The van der Waals surface area contributed by atoms with Crippen molar-refractivity contribution in [3.63, 3.8) is 0 Å². The highest BCUT2D eigenvalue weighted by atomic mass is 35.5. The number of hydrogen-bond acceptors (Lipinski definition) is 2. The van der Waals surface area contributed by atoms with Crippen molar-refractivity contribution in [1.29, 1.82) is 0 Å². The van der Waals surface area contributed by atoms with E-state index in [9.17, 15) is 0 Å². The SMILES string of the molecule is NOCc1ccc(C2CCCCC2)c(Cl)c1. The summed E-state index contributed by atoms with van der Waals surface area (Å²) in [6.07, 6.45) is 6.56. The molecule has 3 heteroatoms. The molecule has 0 bridgehead atoms. The standard InChI is InChI=1S/C13H18ClNO/c14-13-8-10(9-16-15)6-7-12(13)11-4-2-1-3-5-11/h6-8,11H,1-5,9,15H2. The first-order chi connectivity index (χ1) is 7.81. The fraction of sp³-hybridized carbons (Fsp3) is 0.538. The lowest BCUT2D eigenvalue weighted by Gasteiger charge is -2.23. The van der Waals surface area contributed by atoms with Gasteiger partial charge in [-0.05, 0) is 36.0 Å². The maximum absolute atomic E-state index is 6.30. The van der Waals surface area contributed by atoms with E-state index in [1.807, 2.05) is 6.07 Å². The Morgan fingerprint density at radius 1 is 1.25 bits per heavy atom. The Bertz CT molecular complexity index is 348. The number of nitrogens with two attached hydrogens (primary N) is 1. The summed E-state index contributed by atoms with van der Waals surface area (Å²) in [6.45, 7) is 0.421. The molecule has 0 unspecified atom stereocenters. The van der Waals surface area contributed by atoms with E-state index < -0.39 is 0 Å². The number of hydrogen-bond donors (Lipinski definition) is 1. The van der Waals surface area contributed by atoms with Gasteiger partial charge < -0.3 is 0 Å². The van der Waals surface area contributed by atoms with Gasteiger partial charge in [-0.2, -0.15) is 0 Å². The van der Waals surface area contributed by atoms with Crippen molar-refractivity contribution in [2.45, 2.75) is 44.6 Å². The average molecular weight is 240 g/mol. The molecule has 1 aliphatic rings. The summed E-state index contributed by atoms with van der Waals surface area (Å²) in [5.41, 5.74) is 2.33. The first-order valence-corrected chi connectivity index (χ1v) is 6.29. The van der Waals surface area contributed by atoms with Crippen molar-refractivity contribution in [2.75, 3.05) is 0 Å². The summed E-state index contributed by atoms with van der Waals surface area (Å²) >= 11 is 6.30. The third-order valence-electron chi connectivity index (χ3n) is 3.36. The van der Waals surface area contributed by atoms with Gasteiger partial charge in [-0.1, -0.05) is 43.0 Å². The Morgan fingerprint density at radius 2 is 2.00 bits per heavy atom. The Kier molecular flexibility index (Phi) is 4.22. The van der Waals surface area contributed by atoms with Gasteiger partial charge in [0.1, 0.15) is 0 Å². The normalized spacial score (nSPS) is 17.6. The molecule has 0 aromatic heterocycles. The molecule has 2 rings (SSSR count). The third kappa shape index (κ3) is 2.76. The maximum atomic E-state index is 6.30. The maximum Gasteiger partial charge on any atom is 0.0930 e. The highest BCUT2D eigenvalue weighted by Gasteiger charge is 2.17. The minimum absolute atomic E-state index is 0.421. The van der Waals surface area contributed by atoms with Gasteiger partial charge in [-0.25, -0.2) is 5.90 Å². The van der Waals surface area contributed by atoms with Crippen molar-refractivity contribution in [3.8, 4) is 0 Å². The van der Waals surface area contributed by atoms with Crippen LogP contribution in [-0.4, -0.2) is 0 Å². The van der Waals surface area contributed by atoms with Crippen molar-refractivity contribution < 1.29 is 4.84 Å². The third-order valence-corrected chi connectivity index (χ3v) is 3.69. The molecule has 1 aromatic carbocycles. The van der Waals surface area contributed by atoms with Crippen LogP contribution >= 0.6 is 11.6 Å². The van der Waals surface area contributed by atoms with E-state index >= 15 is 0 Å². The van der Waals surface area contributed by atoms with Gasteiger partial charge in [-0.3, -0.25) is 4.84 Å². The van der Waals surface area contributed by atoms with Gasteiger partial charge in [0.05, 0.1) is 6.61 Å². The lowest BCUT2D eigenvalue weighted by Crippen LogP contribution is -2.06. The summed E-state index contributed by atoms with van der Waals surface area (Å²) in [6, 6.07) is 6.16. The molecule has 16 heavy (non-hydrogen) atoms. The molecule has 0 amide bonds. The van der Waals surface area contributed by atoms with Crippen LogP contribution in [0.1, 0.15) is 49.1 Å². The largest absolute Gasteiger partial charge is 0.300 e. The second-order valence-corrected chi connectivity index (χ2v) is 4.91. The van der Waals surface area contributed by atoms with E-state index in [4.69, 9.17) is 17.5 Å². The lowest BCUT2D eigenvalue weighted by molar-refractivity contribution is 0.124. The van der Waals surface area contributed by atoms with Crippen LogP contribution in [0, 0.1) is 0 Å². The molecule has 2 N–H and O–H groups in total. The second kappa shape index (κ2) is 5.67. The molecule has 2 nitrogen and oxygen atoms in total. The summed E-state index contributed by atoms with van der Waals surface area (Å²) in [5.74, 6) is 5.70. The Hall–Kier alpha value is -0.570. The zero-order valence-electron chi connectivity index (χ0n) is 9.42. The smallest absolute Gasteiger partial charge is 0.0930 e. The van der Waals surface area contributed by atoms with Crippen molar-refractivity contribution >= 4 is 11.6 Å². The molecule has 1 fully saturated rings. The van der Waals surface area contributed by atoms with Crippen molar-refractivity contribution in [1.82, 2.24) is 0 Å². The summed E-state index contributed by atoms with van der Waals surface area (Å²) in [5, 5.41) is 0.862. The minimum atomic E-state index is 0.421. The highest BCUT2D eigenvalue weighted by Crippen LogP contribution is 2.36. The monoisotopic (exact) mass is 239 g/mol. The number of halogens is 1. The fourth-order valence-electron chi connectivity index (χ4n) is 2.50. The van der Waals surface area contributed by atoms with Crippen LogP contribution in [0.2, 0.25) is 5.02 Å². The van der Waals surface area contributed by atoms with E-state index in [-0.39, 0.29) is 0 Å². The predicted molar refractivity (Wildman–Crippen MR) is 66.3 cm³/mol. The molecular weight excluding hydrogens is 222 g/mol. The highest BCUT2D eigenvalue weighted by molar-refractivity contribution is 6.31. The Labute approximate surface area is 102 Å². The van der Waals surface area contributed by atoms with Crippen molar-refractivity contribution in [2.24, 2.45) is 5.90 Å². The molecule has 0 atom stereocenters. The molecule has 0 radical (unpaired) electrons. The fourth-order valence-corrected chi connectivity index (χ4v) is 2.86. The van der Waals surface area contributed by atoms with Crippen LogP contribution < -0.4 is 5.90 Å². The van der Waals surface area contributed by atoms with E-state index in [1.165, 1.54) is 37.7 Å². The summed E-state index contributed by atoms with van der Waals surface area (Å²) in [4.78, 5) is 4.61. The van der Waals surface area contributed by atoms with Crippen LogP contribution in [0.3, 0.4) is 0 Å². The van der Waals surface area contributed by atoms with Gasteiger partial charge >= 0.3 is 0 Å². The first kappa shape index (κ1) is 11.9. The molecule has 1 aliphatic carbocycles. The first-order valence-electron chi connectivity index (χ1n) is 5.91. The summed E-state index contributed by atoms with van der Waals surface area (Å²) in [7, 11) is 0. The van der Waals surface area contributed by atoms with E-state index in [0.717, 1.165) is 10.6 Å². The van der Waals surface area contributed by atoms with Crippen LogP contribution in [0.4, 0.5) is 0 Å². The lowest BCUT2D eigenvalue weighted by atomic mass is 9.84. The Morgan fingerprint density at radius 3 is 2.62 bits per heavy atom. The Balaban J connectivity index is 2.14. The molecule has 0 spiro atoms. The number of benzene rings is 1. The van der Waals surface area contributed by atoms with Crippen LogP contribution in [0.25, 0.3) is 0 Å². The van der Waals surface area contributed by atoms with Gasteiger partial charge in [0.25, 0.3) is 0 Å². The minimum Gasteiger partial charge on any atom is -0.300 e. The van der Waals surface area contributed by atoms with Gasteiger partial charge in [0, 0.05) is 5.02 Å². The summed E-state index contributed by atoms with van der Waals surface area (Å²) < 4.78 is 0. The average Bonchev–Trinajstić information content (AvgIpc) is 2.31. The topological polar surface area (TPSA) is 35.2 Å². The van der Waals surface area contributed by atoms with E-state index in [2.05, 4.69) is 17.0 Å². The molecule has 88 valence electrons. The molecular formula is C13H18ClNO. The zero-order chi connectivity index (χ0) is 11.4. The molecule has 0 heterocycles. The molecule has 0 saturated heterocycles. The number of rotatable bonds is 3. The van der Waals surface area contributed by atoms with E-state index in [1.54, 1.807) is 0 Å². The van der Waals surface area contributed by atoms with E-state index in [0.29, 0.717) is 12.5 Å². The second-order valence-electron chi connectivity index (χ2n) is 4.50.